The molecule has 0 N–H and O–H groups in total. The Morgan fingerprint density at radius 3 is 2.86 bits per heavy atom. The maximum absolute atomic E-state index is 4.75. The maximum Gasteiger partial charge on any atom is 0.146 e. The van der Waals surface area contributed by atoms with Crippen molar-refractivity contribution in [3.05, 3.63) is 36.2 Å². The van der Waals surface area contributed by atoms with Crippen LogP contribution in [0.3, 0.4) is 0 Å². The highest BCUT2D eigenvalue weighted by Crippen LogP contribution is 2.28. The molecule has 1 aliphatic heterocycles. The average Bonchev–Trinajstić information content (AvgIpc) is 2.55. The third-order valence-corrected chi connectivity index (χ3v) is 4.05. The molecule has 3 rings (SSSR count). The van der Waals surface area contributed by atoms with Gasteiger partial charge in [-0.05, 0) is 19.8 Å². The second kappa shape index (κ2) is 6.25. The van der Waals surface area contributed by atoms with E-state index in [2.05, 4.69) is 19.9 Å². The number of rotatable bonds is 3. The Hall–Kier alpha value is -2.24. The summed E-state index contributed by atoms with van der Waals surface area (Å²) in [4.78, 5) is 22.0. The largest absolute Gasteiger partial charge is 0.361 e. The molecule has 22 heavy (non-hydrogen) atoms. The number of nitrogens with zero attached hydrogens (tertiary/aromatic N) is 6. The number of aryl methyl sites for hydroxylation is 1. The van der Waals surface area contributed by atoms with Gasteiger partial charge in [0, 0.05) is 51.1 Å². The Morgan fingerprint density at radius 2 is 2.09 bits per heavy atom. The maximum atomic E-state index is 4.75. The fourth-order valence-electron chi connectivity index (χ4n) is 2.82. The minimum absolute atomic E-state index is 0.399. The first-order chi connectivity index (χ1) is 10.6. The van der Waals surface area contributed by atoms with E-state index in [1.54, 1.807) is 12.5 Å². The van der Waals surface area contributed by atoms with Gasteiger partial charge >= 0.3 is 0 Å². The van der Waals surface area contributed by atoms with Crippen LogP contribution in [0.4, 0.5) is 11.6 Å². The van der Waals surface area contributed by atoms with Crippen LogP contribution in [0.1, 0.15) is 30.1 Å². The molecular weight excluding hydrogens is 276 g/mol. The minimum Gasteiger partial charge on any atom is -0.361 e. The predicted molar refractivity (Wildman–Crippen MR) is 87.3 cm³/mol. The molecule has 6 heteroatoms. The van der Waals surface area contributed by atoms with E-state index in [9.17, 15) is 0 Å². The summed E-state index contributed by atoms with van der Waals surface area (Å²) in [6.45, 7) is 3.97. The third-order valence-electron chi connectivity index (χ3n) is 4.05. The van der Waals surface area contributed by atoms with Gasteiger partial charge in [-0.15, -0.1) is 0 Å². The molecule has 1 fully saturated rings. The second-order valence-corrected chi connectivity index (χ2v) is 6.00. The fourth-order valence-corrected chi connectivity index (χ4v) is 2.82. The van der Waals surface area contributed by atoms with Crippen molar-refractivity contribution < 1.29 is 0 Å². The highest BCUT2D eigenvalue weighted by molar-refractivity contribution is 5.41. The first-order valence-electron chi connectivity index (χ1n) is 7.66. The Bertz CT molecular complexity index is 642. The van der Waals surface area contributed by atoms with Crippen molar-refractivity contribution in [1.82, 2.24) is 19.9 Å². The van der Waals surface area contributed by atoms with E-state index < -0.39 is 0 Å². The van der Waals surface area contributed by atoms with Crippen molar-refractivity contribution in [2.24, 2.45) is 0 Å². The van der Waals surface area contributed by atoms with Crippen LogP contribution in [0.2, 0.25) is 0 Å². The van der Waals surface area contributed by atoms with Crippen molar-refractivity contribution in [2.75, 3.05) is 37.0 Å². The van der Waals surface area contributed by atoms with Crippen LogP contribution in [0, 0.1) is 6.92 Å². The van der Waals surface area contributed by atoms with Crippen LogP contribution >= 0.6 is 0 Å². The van der Waals surface area contributed by atoms with E-state index in [4.69, 9.17) is 4.98 Å². The van der Waals surface area contributed by atoms with Gasteiger partial charge in [-0.1, -0.05) is 0 Å². The van der Waals surface area contributed by atoms with Crippen LogP contribution in [-0.2, 0) is 0 Å². The zero-order chi connectivity index (χ0) is 15.5. The number of aromatic nitrogens is 4. The molecule has 0 aliphatic carbocycles. The summed E-state index contributed by atoms with van der Waals surface area (Å²) in [6, 6.07) is 2.05. The normalized spacial score (nSPS) is 18.3. The smallest absolute Gasteiger partial charge is 0.146 e. The Balaban J connectivity index is 1.79. The quantitative estimate of drug-likeness (QED) is 0.864. The van der Waals surface area contributed by atoms with E-state index in [-0.39, 0.29) is 0 Å². The van der Waals surface area contributed by atoms with E-state index in [0.29, 0.717) is 5.92 Å². The topological polar surface area (TPSA) is 58.0 Å². The van der Waals surface area contributed by atoms with Crippen LogP contribution in [0.25, 0.3) is 0 Å². The lowest BCUT2D eigenvalue weighted by molar-refractivity contribution is 0.497. The highest BCUT2D eigenvalue weighted by Gasteiger charge is 2.24. The van der Waals surface area contributed by atoms with Gasteiger partial charge in [-0.25, -0.2) is 15.0 Å². The lowest BCUT2D eigenvalue weighted by Crippen LogP contribution is -2.35. The summed E-state index contributed by atoms with van der Waals surface area (Å²) in [5, 5.41) is 0. The molecule has 1 aliphatic rings. The van der Waals surface area contributed by atoms with Gasteiger partial charge in [0.15, 0.2) is 0 Å². The first kappa shape index (κ1) is 14.7. The van der Waals surface area contributed by atoms with Gasteiger partial charge < -0.3 is 9.80 Å². The molecule has 2 aromatic rings. The van der Waals surface area contributed by atoms with E-state index >= 15 is 0 Å². The predicted octanol–water partition coefficient (Wildman–Crippen LogP) is 2.03. The summed E-state index contributed by atoms with van der Waals surface area (Å²) in [5.74, 6) is 2.32. The molecule has 0 amide bonds. The van der Waals surface area contributed by atoms with Crippen LogP contribution < -0.4 is 9.80 Å². The molecule has 0 spiro atoms. The van der Waals surface area contributed by atoms with E-state index in [1.807, 2.05) is 38.2 Å². The van der Waals surface area contributed by atoms with Gasteiger partial charge in [0.05, 0.1) is 11.9 Å². The molecule has 116 valence electrons. The van der Waals surface area contributed by atoms with E-state index in [0.717, 1.165) is 49.0 Å². The molecule has 3 heterocycles. The molecule has 6 nitrogen and oxygen atoms in total. The van der Waals surface area contributed by atoms with Crippen molar-refractivity contribution in [3.63, 3.8) is 0 Å². The lowest BCUT2D eigenvalue weighted by atomic mass is 9.95. The van der Waals surface area contributed by atoms with Gasteiger partial charge in [-0.3, -0.25) is 4.98 Å². The summed E-state index contributed by atoms with van der Waals surface area (Å²) in [7, 11) is 3.98. The van der Waals surface area contributed by atoms with Gasteiger partial charge in [0.1, 0.15) is 18.0 Å². The minimum atomic E-state index is 0.399. The van der Waals surface area contributed by atoms with Crippen molar-refractivity contribution in [1.29, 1.82) is 0 Å². The summed E-state index contributed by atoms with van der Waals surface area (Å²) in [5.41, 5.74) is 2.07. The molecule has 1 atom stereocenters. The molecule has 2 aromatic heterocycles. The Labute approximate surface area is 131 Å². The zero-order valence-corrected chi connectivity index (χ0v) is 13.4. The molecule has 1 saturated heterocycles. The second-order valence-electron chi connectivity index (χ2n) is 6.00. The van der Waals surface area contributed by atoms with Gasteiger partial charge in [-0.2, -0.15) is 0 Å². The van der Waals surface area contributed by atoms with Crippen LogP contribution in [0.15, 0.2) is 24.8 Å². The number of anilines is 2. The standard InChI is InChI=1S/C16H22N6/c1-12-7-15(19-11-18-12)22-6-4-5-13(10-22)14-8-17-9-16(20-14)21(2)3/h7-9,11,13H,4-6,10H2,1-3H3. The summed E-state index contributed by atoms with van der Waals surface area (Å²) < 4.78 is 0. The molecular formula is C16H22N6. The summed E-state index contributed by atoms with van der Waals surface area (Å²) >= 11 is 0. The van der Waals surface area contributed by atoms with Crippen LogP contribution in [0.5, 0.6) is 0 Å². The molecule has 0 aromatic carbocycles. The van der Waals surface area contributed by atoms with Crippen molar-refractivity contribution >= 4 is 11.6 Å². The Kier molecular flexibility index (Phi) is 4.18. The average molecular weight is 298 g/mol. The SMILES string of the molecule is Cc1cc(N2CCCC(c3cncc(N(C)C)n3)C2)ncn1. The van der Waals surface area contributed by atoms with Gasteiger partial charge in [0.25, 0.3) is 0 Å². The number of hydrogen-bond acceptors (Lipinski definition) is 6. The molecule has 0 radical (unpaired) electrons. The Morgan fingerprint density at radius 1 is 1.23 bits per heavy atom. The molecule has 1 unspecified atom stereocenters. The zero-order valence-electron chi connectivity index (χ0n) is 13.4. The van der Waals surface area contributed by atoms with E-state index in [1.165, 1.54) is 0 Å². The van der Waals surface area contributed by atoms with Crippen LogP contribution in [-0.4, -0.2) is 47.1 Å². The third kappa shape index (κ3) is 3.16. The molecule has 0 saturated carbocycles. The fraction of sp³-hybridized carbons (Fsp3) is 0.500. The summed E-state index contributed by atoms with van der Waals surface area (Å²) in [6.07, 6.45) is 7.62. The molecule has 0 bridgehead atoms. The van der Waals surface area contributed by atoms with Gasteiger partial charge in [0.2, 0.25) is 0 Å². The van der Waals surface area contributed by atoms with Crippen molar-refractivity contribution in [3.8, 4) is 0 Å². The van der Waals surface area contributed by atoms with Crippen molar-refractivity contribution in [2.45, 2.75) is 25.7 Å². The number of hydrogen-bond donors (Lipinski definition) is 0. The highest BCUT2D eigenvalue weighted by atomic mass is 15.2. The lowest BCUT2D eigenvalue weighted by Gasteiger charge is -2.33. The monoisotopic (exact) mass is 298 g/mol. The number of piperidine rings is 1. The first-order valence-corrected chi connectivity index (χ1v) is 7.66.